The van der Waals surface area contributed by atoms with Crippen molar-refractivity contribution in [2.75, 3.05) is 5.32 Å². The average molecular weight is 293 g/mol. The molecule has 0 spiro atoms. The van der Waals surface area contributed by atoms with Crippen LogP contribution in [-0.2, 0) is 0 Å². The normalized spacial score (nSPS) is 10.6. The summed E-state index contributed by atoms with van der Waals surface area (Å²) >= 11 is 0. The van der Waals surface area contributed by atoms with Crippen molar-refractivity contribution in [3.8, 4) is 0 Å². The first-order chi connectivity index (χ1) is 10.5. The molecule has 3 aromatic rings. The number of nitrogens with zero attached hydrogens (tertiary/aromatic N) is 1. The first-order valence-electron chi connectivity index (χ1n) is 6.92. The number of aryl methyl sites for hydroxylation is 2. The number of aromatic amines is 1. The quantitative estimate of drug-likeness (QED) is 0.763. The highest BCUT2D eigenvalue weighted by molar-refractivity contribution is 6.10. The molecule has 22 heavy (non-hydrogen) atoms. The number of rotatable bonds is 2. The second-order valence-corrected chi connectivity index (χ2v) is 5.19. The first kappa shape index (κ1) is 14.0. The Hall–Kier alpha value is -2.95. The summed E-state index contributed by atoms with van der Waals surface area (Å²) in [5.74, 6) is -0.398. The molecule has 0 atom stereocenters. The third kappa shape index (κ3) is 2.61. The Labute approximate surface area is 127 Å². The van der Waals surface area contributed by atoms with Gasteiger partial charge in [-0.05, 0) is 43.2 Å². The predicted molar refractivity (Wildman–Crippen MR) is 86.2 cm³/mol. The second-order valence-electron chi connectivity index (χ2n) is 5.19. The largest absolute Gasteiger partial charge is 0.346 e. The fraction of sp³-hybridized carbons (Fsp3) is 0.118. The van der Waals surface area contributed by atoms with Crippen molar-refractivity contribution in [1.29, 1.82) is 0 Å². The SMILES string of the molecule is Cc1ccc(NC(=O)c2nc(=O)[nH]c3ccccc23)cc1C. The number of H-pyrrole nitrogens is 1. The molecule has 1 amide bonds. The van der Waals surface area contributed by atoms with Gasteiger partial charge in [0.25, 0.3) is 5.91 Å². The van der Waals surface area contributed by atoms with E-state index in [0.717, 1.165) is 11.1 Å². The monoisotopic (exact) mass is 293 g/mol. The minimum Gasteiger partial charge on any atom is -0.321 e. The Morgan fingerprint density at radius 3 is 2.64 bits per heavy atom. The molecule has 2 aromatic carbocycles. The van der Waals surface area contributed by atoms with E-state index in [1.165, 1.54) is 0 Å². The Balaban J connectivity index is 2.02. The molecule has 2 N–H and O–H groups in total. The lowest BCUT2D eigenvalue weighted by molar-refractivity contribution is 0.102. The number of hydrogen-bond acceptors (Lipinski definition) is 3. The molecule has 0 aliphatic rings. The van der Waals surface area contributed by atoms with Crippen molar-refractivity contribution < 1.29 is 4.79 Å². The summed E-state index contributed by atoms with van der Waals surface area (Å²) in [4.78, 5) is 30.5. The highest BCUT2D eigenvalue weighted by Crippen LogP contribution is 2.17. The first-order valence-corrected chi connectivity index (χ1v) is 6.92. The number of hydrogen-bond donors (Lipinski definition) is 2. The number of nitrogens with one attached hydrogen (secondary N) is 2. The molecular weight excluding hydrogens is 278 g/mol. The maximum absolute atomic E-state index is 12.5. The Morgan fingerprint density at radius 2 is 1.86 bits per heavy atom. The molecule has 110 valence electrons. The zero-order valence-electron chi connectivity index (χ0n) is 12.3. The number of aromatic nitrogens is 2. The van der Waals surface area contributed by atoms with Crippen LogP contribution in [0.2, 0.25) is 0 Å². The topological polar surface area (TPSA) is 74.8 Å². The maximum atomic E-state index is 12.5. The lowest BCUT2D eigenvalue weighted by Gasteiger charge is -2.08. The number of para-hydroxylation sites is 1. The molecule has 3 rings (SSSR count). The van der Waals surface area contributed by atoms with Gasteiger partial charge in [-0.25, -0.2) is 4.79 Å². The van der Waals surface area contributed by atoms with Gasteiger partial charge in [-0.1, -0.05) is 24.3 Å². The van der Waals surface area contributed by atoms with Gasteiger partial charge in [-0.15, -0.1) is 0 Å². The van der Waals surface area contributed by atoms with Crippen LogP contribution in [0.1, 0.15) is 21.6 Å². The summed E-state index contributed by atoms with van der Waals surface area (Å²) in [5.41, 5.74) is 3.09. The van der Waals surface area contributed by atoms with E-state index >= 15 is 0 Å². The van der Waals surface area contributed by atoms with E-state index in [0.29, 0.717) is 16.6 Å². The Morgan fingerprint density at radius 1 is 1.09 bits per heavy atom. The van der Waals surface area contributed by atoms with Crippen molar-refractivity contribution in [2.24, 2.45) is 0 Å². The molecule has 0 saturated carbocycles. The van der Waals surface area contributed by atoms with Gasteiger partial charge in [0.05, 0.1) is 5.52 Å². The molecule has 0 radical (unpaired) electrons. The summed E-state index contributed by atoms with van der Waals surface area (Å²) in [6.45, 7) is 3.98. The lowest BCUT2D eigenvalue weighted by atomic mass is 10.1. The molecule has 5 heteroatoms. The minimum absolute atomic E-state index is 0.123. The number of benzene rings is 2. The van der Waals surface area contributed by atoms with Crippen molar-refractivity contribution >= 4 is 22.5 Å². The lowest BCUT2D eigenvalue weighted by Crippen LogP contribution is -2.21. The number of carbonyl (C=O) groups excluding carboxylic acids is 1. The third-order valence-electron chi connectivity index (χ3n) is 3.62. The molecule has 1 heterocycles. The van der Waals surface area contributed by atoms with Crippen LogP contribution in [0, 0.1) is 13.8 Å². The van der Waals surface area contributed by atoms with Gasteiger partial charge in [0.2, 0.25) is 0 Å². The summed E-state index contributed by atoms with van der Waals surface area (Å²) in [6.07, 6.45) is 0. The highest BCUT2D eigenvalue weighted by atomic mass is 16.2. The van der Waals surface area contributed by atoms with Gasteiger partial charge in [0.1, 0.15) is 5.69 Å². The fourth-order valence-electron chi connectivity index (χ4n) is 2.29. The van der Waals surface area contributed by atoms with Crippen LogP contribution in [0.3, 0.4) is 0 Å². The van der Waals surface area contributed by atoms with E-state index in [1.807, 2.05) is 32.0 Å². The van der Waals surface area contributed by atoms with Crippen molar-refractivity contribution in [2.45, 2.75) is 13.8 Å². The van der Waals surface area contributed by atoms with Gasteiger partial charge >= 0.3 is 5.69 Å². The molecule has 5 nitrogen and oxygen atoms in total. The molecule has 0 bridgehead atoms. The van der Waals surface area contributed by atoms with Gasteiger partial charge in [-0.2, -0.15) is 4.98 Å². The zero-order valence-corrected chi connectivity index (χ0v) is 12.3. The van der Waals surface area contributed by atoms with E-state index in [4.69, 9.17) is 0 Å². The summed E-state index contributed by atoms with van der Waals surface area (Å²) < 4.78 is 0. The number of fused-ring (bicyclic) bond motifs is 1. The number of carbonyl (C=O) groups is 1. The second kappa shape index (κ2) is 5.44. The van der Waals surface area contributed by atoms with Crippen LogP contribution in [-0.4, -0.2) is 15.9 Å². The fourth-order valence-corrected chi connectivity index (χ4v) is 2.29. The van der Waals surface area contributed by atoms with Gasteiger partial charge in [-0.3, -0.25) is 4.79 Å². The number of amides is 1. The van der Waals surface area contributed by atoms with Crippen molar-refractivity contribution in [3.05, 3.63) is 69.8 Å². The Kier molecular flexibility index (Phi) is 3.47. The molecule has 0 unspecified atom stereocenters. The average Bonchev–Trinajstić information content (AvgIpc) is 2.50. The summed E-state index contributed by atoms with van der Waals surface area (Å²) in [5, 5.41) is 3.41. The van der Waals surface area contributed by atoms with E-state index < -0.39 is 11.6 Å². The van der Waals surface area contributed by atoms with Crippen LogP contribution in [0.5, 0.6) is 0 Å². The number of anilines is 1. The van der Waals surface area contributed by atoms with Crippen LogP contribution in [0.25, 0.3) is 10.9 Å². The van der Waals surface area contributed by atoms with Crippen LogP contribution in [0.15, 0.2) is 47.3 Å². The van der Waals surface area contributed by atoms with Gasteiger partial charge in [0, 0.05) is 11.1 Å². The summed E-state index contributed by atoms with van der Waals surface area (Å²) in [6, 6.07) is 12.8. The summed E-state index contributed by atoms with van der Waals surface area (Å²) in [7, 11) is 0. The van der Waals surface area contributed by atoms with E-state index in [2.05, 4.69) is 15.3 Å². The van der Waals surface area contributed by atoms with E-state index in [9.17, 15) is 9.59 Å². The molecule has 0 fully saturated rings. The zero-order chi connectivity index (χ0) is 15.7. The standard InChI is InChI=1S/C17H15N3O2/c1-10-7-8-12(9-11(10)2)18-16(21)15-13-5-3-4-6-14(13)19-17(22)20-15/h3-9H,1-2H3,(H,18,21)(H,19,20,22). The minimum atomic E-state index is -0.538. The van der Waals surface area contributed by atoms with Crippen LogP contribution in [0.4, 0.5) is 5.69 Å². The van der Waals surface area contributed by atoms with E-state index in [1.54, 1.807) is 24.3 Å². The highest BCUT2D eigenvalue weighted by Gasteiger charge is 2.13. The predicted octanol–water partition coefficient (Wildman–Crippen LogP) is 2.79. The van der Waals surface area contributed by atoms with Crippen LogP contribution < -0.4 is 11.0 Å². The van der Waals surface area contributed by atoms with Crippen molar-refractivity contribution in [3.63, 3.8) is 0 Å². The molecule has 0 aliphatic heterocycles. The van der Waals surface area contributed by atoms with Gasteiger partial charge in [0.15, 0.2) is 0 Å². The molecule has 0 aliphatic carbocycles. The maximum Gasteiger partial charge on any atom is 0.346 e. The molecule has 1 aromatic heterocycles. The Bertz CT molecular complexity index is 929. The van der Waals surface area contributed by atoms with Crippen LogP contribution >= 0.6 is 0 Å². The molecule has 0 saturated heterocycles. The smallest absolute Gasteiger partial charge is 0.321 e. The van der Waals surface area contributed by atoms with Crippen molar-refractivity contribution in [1.82, 2.24) is 9.97 Å². The van der Waals surface area contributed by atoms with Gasteiger partial charge < -0.3 is 10.3 Å². The van der Waals surface area contributed by atoms with E-state index in [-0.39, 0.29) is 5.69 Å². The third-order valence-corrected chi connectivity index (χ3v) is 3.62. The molecular formula is C17H15N3O2.